The molecule has 1 aliphatic rings. The van der Waals surface area contributed by atoms with Crippen LogP contribution in [-0.2, 0) is 6.54 Å². The number of aryl methyl sites for hydroxylation is 1. The maximum atomic E-state index is 13.4. The Morgan fingerprint density at radius 3 is 2.43 bits per heavy atom. The summed E-state index contributed by atoms with van der Waals surface area (Å²) in [5, 5.41) is 0. The van der Waals surface area contributed by atoms with Crippen molar-refractivity contribution < 1.29 is 4.39 Å². The van der Waals surface area contributed by atoms with E-state index in [9.17, 15) is 4.39 Å². The molecule has 5 heteroatoms. The van der Waals surface area contributed by atoms with Gasteiger partial charge in [0.25, 0.3) is 0 Å². The number of hydrogen-bond acceptors (Lipinski definition) is 3. The molecule has 5 rings (SSSR count). The second-order valence-electron chi connectivity index (χ2n) is 7.31. The zero-order chi connectivity index (χ0) is 18.9. The molecule has 2 aromatic carbocycles. The van der Waals surface area contributed by atoms with Crippen molar-refractivity contribution in [1.29, 1.82) is 0 Å². The topological polar surface area (TPSA) is 43.6 Å². The van der Waals surface area contributed by atoms with Crippen LogP contribution in [0.2, 0.25) is 0 Å². The molecule has 0 aliphatic heterocycles. The fourth-order valence-corrected chi connectivity index (χ4v) is 3.92. The van der Waals surface area contributed by atoms with E-state index in [4.69, 9.17) is 15.0 Å². The molecule has 0 spiro atoms. The lowest BCUT2D eigenvalue weighted by Crippen LogP contribution is -2.04. The number of para-hydroxylation sites is 2. The molecule has 0 atom stereocenters. The first-order valence-corrected chi connectivity index (χ1v) is 9.85. The number of halogens is 1. The summed E-state index contributed by atoms with van der Waals surface area (Å²) < 4.78 is 15.6. The summed E-state index contributed by atoms with van der Waals surface area (Å²) in [6.07, 6.45) is 8.26. The second kappa shape index (κ2) is 7.15. The van der Waals surface area contributed by atoms with Crippen molar-refractivity contribution in [3.63, 3.8) is 0 Å². The van der Waals surface area contributed by atoms with E-state index >= 15 is 0 Å². The van der Waals surface area contributed by atoms with Crippen molar-refractivity contribution in [2.45, 2.75) is 38.6 Å². The molecular formula is C23H21FN4. The summed E-state index contributed by atoms with van der Waals surface area (Å²) >= 11 is 0. The van der Waals surface area contributed by atoms with Gasteiger partial charge in [-0.3, -0.25) is 0 Å². The van der Waals surface area contributed by atoms with Gasteiger partial charge in [0.15, 0.2) is 11.3 Å². The van der Waals surface area contributed by atoms with E-state index < -0.39 is 0 Å². The van der Waals surface area contributed by atoms with Crippen LogP contribution in [0.1, 0.15) is 32.1 Å². The normalized spacial score (nSPS) is 14.5. The van der Waals surface area contributed by atoms with E-state index in [0.29, 0.717) is 5.65 Å². The summed E-state index contributed by atoms with van der Waals surface area (Å²) in [6, 6.07) is 14.3. The molecule has 1 aliphatic carbocycles. The van der Waals surface area contributed by atoms with Gasteiger partial charge in [-0.05, 0) is 68.5 Å². The van der Waals surface area contributed by atoms with Crippen LogP contribution in [0, 0.1) is 5.82 Å². The lowest BCUT2D eigenvalue weighted by atomic mass is 9.97. The molecule has 2 heterocycles. The van der Waals surface area contributed by atoms with E-state index in [1.54, 1.807) is 12.1 Å². The van der Waals surface area contributed by atoms with Crippen LogP contribution in [-0.4, -0.2) is 19.5 Å². The summed E-state index contributed by atoms with van der Waals surface area (Å²) in [5.41, 5.74) is 5.50. The Morgan fingerprint density at radius 1 is 0.893 bits per heavy atom. The van der Waals surface area contributed by atoms with Gasteiger partial charge in [-0.1, -0.05) is 23.8 Å². The van der Waals surface area contributed by atoms with Crippen molar-refractivity contribution in [2.24, 2.45) is 0 Å². The first-order chi connectivity index (χ1) is 13.8. The number of benzene rings is 2. The Bertz CT molecular complexity index is 1170. The predicted octanol–water partition coefficient (Wildman–Crippen LogP) is 5.68. The van der Waals surface area contributed by atoms with Crippen LogP contribution in [0.5, 0.6) is 0 Å². The van der Waals surface area contributed by atoms with Gasteiger partial charge in [-0.2, -0.15) is 0 Å². The van der Waals surface area contributed by atoms with Gasteiger partial charge in [-0.25, -0.2) is 19.3 Å². The van der Waals surface area contributed by atoms with Gasteiger partial charge in [0.1, 0.15) is 11.6 Å². The van der Waals surface area contributed by atoms with Crippen LogP contribution in [0.25, 0.3) is 33.7 Å². The fraction of sp³-hybridized carbons (Fsp3) is 0.261. The molecule has 0 amide bonds. The molecule has 0 unspecified atom stereocenters. The monoisotopic (exact) mass is 372 g/mol. The van der Waals surface area contributed by atoms with Crippen molar-refractivity contribution >= 4 is 22.3 Å². The molecule has 0 bridgehead atoms. The molecule has 28 heavy (non-hydrogen) atoms. The zero-order valence-electron chi connectivity index (χ0n) is 15.6. The number of allylic oxidation sites excluding steroid dienone is 2. The highest BCUT2D eigenvalue weighted by atomic mass is 19.1. The Balaban J connectivity index is 1.64. The number of imidazole rings is 1. The highest BCUT2D eigenvalue weighted by Crippen LogP contribution is 2.27. The third-order valence-corrected chi connectivity index (χ3v) is 5.40. The number of fused-ring (bicyclic) bond motifs is 2. The van der Waals surface area contributed by atoms with E-state index in [0.717, 1.165) is 41.0 Å². The summed E-state index contributed by atoms with van der Waals surface area (Å²) in [5.74, 6) is 0.544. The van der Waals surface area contributed by atoms with Crippen LogP contribution >= 0.6 is 0 Å². The smallest absolute Gasteiger partial charge is 0.198 e. The maximum Gasteiger partial charge on any atom is 0.198 e. The molecule has 4 nitrogen and oxygen atoms in total. The van der Waals surface area contributed by atoms with Gasteiger partial charge < -0.3 is 4.57 Å². The Hall–Kier alpha value is -3.08. The highest BCUT2D eigenvalue weighted by molar-refractivity contribution is 5.84. The quantitative estimate of drug-likeness (QED) is 0.433. The molecule has 140 valence electrons. The molecular weight excluding hydrogens is 351 g/mol. The van der Waals surface area contributed by atoms with E-state index in [2.05, 4.69) is 10.6 Å². The Morgan fingerprint density at radius 2 is 1.68 bits per heavy atom. The second-order valence-corrected chi connectivity index (χ2v) is 7.31. The number of hydrogen-bond donors (Lipinski definition) is 0. The van der Waals surface area contributed by atoms with Gasteiger partial charge in [0.05, 0.1) is 11.0 Å². The minimum Gasteiger partial charge on any atom is -0.307 e. The van der Waals surface area contributed by atoms with Crippen molar-refractivity contribution in [3.8, 4) is 11.4 Å². The van der Waals surface area contributed by atoms with Crippen molar-refractivity contribution in [1.82, 2.24) is 19.5 Å². The van der Waals surface area contributed by atoms with Crippen LogP contribution in [0.15, 0.2) is 60.2 Å². The fourth-order valence-electron chi connectivity index (χ4n) is 3.92. The minimum absolute atomic E-state index is 0.249. The van der Waals surface area contributed by atoms with Gasteiger partial charge in [0, 0.05) is 12.1 Å². The molecule has 0 saturated heterocycles. The standard InChI is InChI=1S/C23H21FN4/c24-18-12-10-17(11-13-18)22-27-21-23(26-20-9-5-4-8-19(20)25-21)28(22)15-14-16-6-2-1-3-7-16/h4-6,8-13H,1-3,7,14-15H2. The summed E-state index contributed by atoms with van der Waals surface area (Å²) in [4.78, 5) is 14.3. The van der Waals surface area contributed by atoms with Crippen molar-refractivity contribution in [2.75, 3.05) is 0 Å². The van der Waals surface area contributed by atoms with Crippen LogP contribution in [0.4, 0.5) is 4.39 Å². The molecule has 0 fully saturated rings. The third-order valence-electron chi connectivity index (χ3n) is 5.40. The number of nitrogens with zero attached hydrogens (tertiary/aromatic N) is 4. The SMILES string of the molecule is Fc1ccc(-c2nc3nc4ccccc4nc3n2CCC2=CCCCC2)cc1. The predicted molar refractivity (Wildman–Crippen MR) is 109 cm³/mol. The molecule has 4 aromatic rings. The zero-order valence-corrected chi connectivity index (χ0v) is 15.6. The lowest BCUT2D eigenvalue weighted by molar-refractivity contribution is 0.627. The first-order valence-electron chi connectivity index (χ1n) is 9.85. The number of aromatic nitrogens is 4. The average molecular weight is 372 g/mol. The van der Waals surface area contributed by atoms with Crippen LogP contribution < -0.4 is 0 Å². The molecule has 0 saturated carbocycles. The first kappa shape index (κ1) is 17.0. The third kappa shape index (κ3) is 3.17. The Kier molecular flexibility index (Phi) is 4.35. The highest BCUT2D eigenvalue weighted by Gasteiger charge is 2.17. The summed E-state index contributed by atoms with van der Waals surface area (Å²) in [6.45, 7) is 0.794. The minimum atomic E-state index is -0.249. The Labute approximate surface area is 162 Å². The largest absolute Gasteiger partial charge is 0.307 e. The average Bonchev–Trinajstić information content (AvgIpc) is 3.09. The van der Waals surface area contributed by atoms with Gasteiger partial charge >= 0.3 is 0 Å². The summed E-state index contributed by atoms with van der Waals surface area (Å²) in [7, 11) is 0. The van der Waals surface area contributed by atoms with Gasteiger partial charge in [0.2, 0.25) is 0 Å². The molecule has 0 radical (unpaired) electrons. The number of rotatable bonds is 4. The van der Waals surface area contributed by atoms with Crippen LogP contribution in [0.3, 0.4) is 0 Å². The lowest BCUT2D eigenvalue weighted by Gasteiger charge is -2.14. The van der Waals surface area contributed by atoms with E-state index in [1.807, 2.05) is 24.3 Å². The van der Waals surface area contributed by atoms with E-state index in [1.165, 1.54) is 43.4 Å². The van der Waals surface area contributed by atoms with E-state index in [-0.39, 0.29) is 5.82 Å². The molecule has 2 aromatic heterocycles. The van der Waals surface area contributed by atoms with Crippen molar-refractivity contribution in [3.05, 3.63) is 66.0 Å². The maximum absolute atomic E-state index is 13.4. The molecule has 0 N–H and O–H groups in total. The van der Waals surface area contributed by atoms with Gasteiger partial charge in [-0.15, -0.1) is 0 Å².